The zero-order chi connectivity index (χ0) is 8.31. The van der Waals surface area contributed by atoms with Crippen molar-refractivity contribution in [3.05, 3.63) is 0 Å². The number of rotatable bonds is 3. The first kappa shape index (κ1) is 4.32. The summed E-state index contributed by atoms with van der Waals surface area (Å²) < 4.78 is 14.2. The van der Waals surface area contributed by atoms with Crippen molar-refractivity contribution < 1.29 is 7.54 Å². The summed E-state index contributed by atoms with van der Waals surface area (Å²) in [5.41, 5.74) is 10.0. The fourth-order valence-electron chi connectivity index (χ4n) is 0.247. The number of primary amides is 1. The summed E-state index contributed by atoms with van der Waals surface area (Å²) in [7, 11) is 0. The molecule has 8 heavy (non-hydrogen) atoms. The Bertz CT molecular complexity index is 129. The molecule has 1 amide bonds. The molecule has 0 heterocycles. The van der Waals surface area contributed by atoms with Gasteiger partial charge in [0, 0.05) is 15.2 Å². The van der Waals surface area contributed by atoms with Crippen molar-refractivity contribution in [2.75, 3.05) is 0 Å². The summed E-state index contributed by atoms with van der Waals surface area (Å²) in [6.07, 6.45) is -2.13. The molecule has 0 aromatic carbocycles. The van der Waals surface area contributed by atoms with Gasteiger partial charge in [0.2, 0.25) is 5.91 Å². The van der Waals surface area contributed by atoms with Crippen LogP contribution >= 0.6 is 0 Å². The van der Waals surface area contributed by atoms with E-state index < -0.39 is 24.7 Å². The van der Waals surface area contributed by atoms with Gasteiger partial charge in [0.25, 0.3) is 0 Å². The fraction of sp³-hybridized carbons (Fsp3) is 0.800. The first-order valence-corrected chi connectivity index (χ1v) is 2.36. The SMILES string of the molecule is [2H][C@H]([C@@H](C)N)[C@@H]([2H])C(N)=O. The zero-order valence-corrected chi connectivity index (χ0v) is 4.79. The van der Waals surface area contributed by atoms with Gasteiger partial charge in [-0.3, -0.25) is 4.79 Å². The highest BCUT2D eigenvalue weighted by molar-refractivity contribution is 5.73. The van der Waals surface area contributed by atoms with Crippen LogP contribution in [-0.4, -0.2) is 11.9 Å². The molecule has 0 unspecified atom stereocenters. The molecule has 48 valence electrons. The molecule has 3 atom stereocenters. The molecular weight excluding hydrogens is 104 g/mol. The van der Waals surface area contributed by atoms with Crippen LogP contribution in [0.25, 0.3) is 0 Å². The van der Waals surface area contributed by atoms with Gasteiger partial charge in [0.1, 0.15) is 0 Å². The Morgan fingerprint density at radius 2 is 2.50 bits per heavy atom. The van der Waals surface area contributed by atoms with Gasteiger partial charge >= 0.3 is 0 Å². The average molecular weight is 118 g/mol. The highest BCUT2D eigenvalue weighted by atomic mass is 16.1. The van der Waals surface area contributed by atoms with Gasteiger partial charge in [-0.15, -0.1) is 0 Å². The van der Waals surface area contributed by atoms with Crippen molar-refractivity contribution in [1.82, 2.24) is 0 Å². The monoisotopic (exact) mass is 118 g/mol. The molecule has 3 heteroatoms. The van der Waals surface area contributed by atoms with Crippen LogP contribution in [0.15, 0.2) is 0 Å². The lowest BCUT2D eigenvalue weighted by Crippen LogP contribution is -2.19. The molecule has 4 N–H and O–H groups in total. The molecule has 0 radical (unpaired) electrons. The largest absolute Gasteiger partial charge is 0.370 e. The lowest BCUT2D eigenvalue weighted by Gasteiger charge is -1.99. The smallest absolute Gasteiger partial charge is 0.217 e. The van der Waals surface area contributed by atoms with E-state index in [9.17, 15) is 4.79 Å². The fourth-order valence-corrected chi connectivity index (χ4v) is 0.247. The Labute approximate surface area is 51.9 Å². The summed E-state index contributed by atoms with van der Waals surface area (Å²) in [6, 6.07) is -0.491. The van der Waals surface area contributed by atoms with Crippen LogP contribution < -0.4 is 11.5 Å². The number of carbonyl (C=O) groups is 1. The summed E-state index contributed by atoms with van der Waals surface area (Å²) in [4.78, 5) is 10.3. The number of hydrogen-bond donors (Lipinski definition) is 2. The molecule has 0 aliphatic carbocycles. The van der Waals surface area contributed by atoms with Crippen molar-refractivity contribution in [2.24, 2.45) is 11.5 Å². The molecule has 0 spiro atoms. The summed E-state index contributed by atoms with van der Waals surface area (Å²) in [5, 5.41) is 0. The Hall–Kier alpha value is -0.570. The summed E-state index contributed by atoms with van der Waals surface area (Å²) in [5.74, 6) is -0.794. The number of hydrogen-bond acceptors (Lipinski definition) is 2. The van der Waals surface area contributed by atoms with Crippen LogP contribution in [0.2, 0.25) is 0 Å². The molecule has 3 nitrogen and oxygen atoms in total. The van der Waals surface area contributed by atoms with Crippen molar-refractivity contribution >= 4 is 5.91 Å². The van der Waals surface area contributed by atoms with E-state index >= 15 is 0 Å². The molecule has 0 saturated heterocycles. The van der Waals surface area contributed by atoms with Gasteiger partial charge < -0.3 is 11.5 Å². The van der Waals surface area contributed by atoms with Crippen molar-refractivity contribution in [3.8, 4) is 0 Å². The quantitative estimate of drug-likeness (QED) is 0.529. The highest BCUT2D eigenvalue weighted by Gasteiger charge is 1.96. The van der Waals surface area contributed by atoms with Gasteiger partial charge in [-0.05, 0) is 13.3 Å². The summed E-state index contributed by atoms with van der Waals surface area (Å²) >= 11 is 0. The van der Waals surface area contributed by atoms with Crippen LogP contribution in [0.3, 0.4) is 0 Å². The minimum atomic E-state index is -1.21. The standard InChI is InChI=1S/C5H12N2O/c1-4(6)2-3-5(7)8/h4H,2-3,6H2,1H3,(H2,7,8)/t4-/m1/s1/i2D,3D/t2-,3+,4+/m0. The first-order valence-electron chi connectivity index (χ1n) is 3.51. The van der Waals surface area contributed by atoms with Crippen molar-refractivity contribution in [1.29, 1.82) is 0 Å². The van der Waals surface area contributed by atoms with Gasteiger partial charge in [-0.1, -0.05) is 0 Å². The lowest BCUT2D eigenvalue weighted by atomic mass is 10.2. The molecule has 0 aliphatic heterocycles. The molecule has 0 fully saturated rings. The Kier molecular flexibility index (Phi) is 1.86. The van der Waals surface area contributed by atoms with Crippen LogP contribution in [0.4, 0.5) is 0 Å². The number of nitrogens with two attached hydrogens (primary N) is 2. The maximum absolute atomic E-state index is 10.3. The van der Waals surface area contributed by atoms with Crippen LogP contribution in [0.5, 0.6) is 0 Å². The minimum absolute atomic E-state index is 0.491. The van der Waals surface area contributed by atoms with Gasteiger partial charge in [0.05, 0.1) is 0 Å². The predicted octanol–water partition coefficient (Wildman–Crippen LogP) is -0.401. The molecule has 0 aromatic rings. The Morgan fingerprint density at radius 3 is 2.62 bits per heavy atom. The molecule has 0 aromatic heterocycles. The van der Waals surface area contributed by atoms with Crippen LogP contribution in [0.1, 0.15) is 22.5 Å². The van der Waals surface area contributed by atoms with E-state index in [0.29, 0.717) is 0 Å². The molecule has 0 aliphatic rings. The van der Waals surface area contributed by atoms with E-state index in [-0.39, 0.29) is 0 Å². The first-order chi connectivity index (χ1) is 4.46. The Morgan fingerprint density at radius 1 is 2.00 bits per heavy atom. The predicted molar refractivity (Wildman–Crippen MR) is 32.1 cm³/mol. The maximum atomic E-state index is 10.3. The van der Waals surface area contributed by atoms with Crippen molar-refractivity contribution in [3.63, 3.8) is 0 Å². The summed E-state index contributed by atoms with van der Waals surface area (Å²) in [6.45, 7) is 1.57. The second-order valence-corrected chi connectivity index (χ2v) is 1.62. The van der Waals surface area contributed by atoms with E-state index in [1.807, 2.05) is 0 Å². The van der Waals surface area contributed by atoms with Gasteiger partial charge in [-0.25, -0.2) is 0 Å². The average Bonchev–Trinajstić information content (AvgIpc) is 1.84. The maximum Gasteiger partial charge on any atom is 0.217 e. The zero-order valence-electron chi connectivity index (χ0n) is 6.79. The van der Waals surface area contributed by atoms with E-state index in [4.69, 9.17) is 14.2 Å². The van der Waals surface area contributed by atoms with Crippen LogP contribution in [-0.2, 0) is 4.79 Å². The number of carbonyl (C=O) groups excluding carboxylic acids is 1. The number of amides is 1. The third kappa shape index (κ3) is 5.43. The third-order valence-electron chi connectivity index (χ3n) is 0.564. The lowest BCUT2D eigenvalue weighted by molar-refractivity contribution is -0.118. The highest BCUT2D eigenvalue weighted by Crippen LogP contribution is 1.89. The molecule has 0 bridgehead atoms. The van der Waals surface area contributed by atoms with E-state index in [1.54, 1.807) is 6.92 Å². The minimum Gasteiger partial charge on any atom is -0.370 e. The van der Waals surface area contributed by atoms with Crippen LogP contribution in [0, 0.1) is 0 Å². The normalized spacial score (nSPS) is 24.8. The third-order valence-corrected chi connectivity index (χ3v) is 0.564. The van der Waals surface area contributed by atoms with E-state index in [1.165, 1.54) is 0 Å². The van der Waals surface area contributed by atoms with Gasteiger partial charge in [-0.2, -0.15) is 0 Å². The van der Waals surface area contributed by atoms with Gasteiger partial charge in [0.15, 0.2) is 0 Å². The van der Waals surface area contributed by atoms with Crippen molar-refractivity contribution in [2.45, 2.75) is 25.8 Å². The molecule has 0 saturated carbocycles. The van der Waals surface area contributed by atoms with E-state index in [0.717, 1.165) is 0 Å². The topological polar surface area (TPSA) is 69.1 Å². The second-order valence-electron chi connectivity index (χ2n) is 1.62. The molecule has 0 rings (SSSR count). The molecular formula is C5H12N2O. The Balaban J connectivity index is 3.94. The van der Waals surface area contributed by atoms with E-state index in [2.05, 4.69) is 0 Å². The second kappa shape index (κ2) is 3.43.